The maximum Gasteiger partial charge on any atom is 0.302 e. The Labute approximate surface area is 202 Å². The van der Waals surface area contributed by atoms with Gasteiger partial charge in [-0.2, -0.15) is 4.98 Å². The fraction of sp³-hybridized carbons (Fsp3) is 0.611. The van der Waals surface area contributed by atoms with Crippen LogP contribution in [0.25, 0.3) is 11.2 Å². The van der Waals surface area contributed by atoms with E-state index in [4.69, 9.17) is 25.8 Å². The molecule has 0 aliphatic carbocycles. The highest BCUT2D eigenvalue weighted by atomic mass is 33.2. The molecule has 0 saturated carbocycles. The van der Waals surface area contributed by atoms with Gasteiger partial charge in [0.15, 0.2) is 15.8 Å². The maximum atomic E-state index is 12.5. The number of imidazole rings is 1. The van der Waals surface area contributed by atoms with Crippen molar-refractivity contribution in [2.24, 2.45) is 5.92 Å². The van der Waals surface area contributed by atoms with E-state index in [0.29, 0.717) is 6.42 Å². The van der Waals surface area contributed by atoms with Crippen LogP contribution in [0.3, 0.4) is 0 Å². The van der Waals surface area contributed by atoms with Crippen LogP contribution in [0.2, 0.25) is 0 Å². The number of fused-ring (bicyclic) bond motifs is 1. The fourth-order valence-electron chi connectivity index (χ4n) is 3.39. The van der Waals surface area contributed by atoms with Crippen LogP contribution in [0.5, 0.6) is 0 Å². The summed E-state index contributed by atoms with van der Waals surface area (Å²) in [6.07, 6.45) is 0.0967. The quantitative estimate of drug-likeness (QED) is 0.401. The van der Waals surface area contributed by atoms with Gasteiger partial charge in [-0.1, -0.05) is 36.6 Å². The molecule has 2 aromatic heterocycles. The predicted octanol–water partition coefficient (Wildman–Crippen LogP) is 2.65. The molecule has 2 aliphatic rings. The zero-order chi connectivity index (χ0) is 23.8. The van der Waals surface area contributed by atoms with Crippen LogP contribution < -0.4 is 10.9 Å². The number of rotatable bonds is 7. The minimum absolute atomic E-state index is 0.0236. The Morgan fingerprint density at radius 1 is 1.42 bits per heavy atom. The Morgan fingerprint density at radius 3 is 2.82 bits per heavy atom. The van der Waals surface area contributed by atoms with Crippen molar-refractivity contribution in [3.8, 4) is 0 Å². The normalized spacial score (nSPS) is 24.4. The molecular formula is C18H24N5O6PS3. The molecule has 15 heteroatoms. The zero-order valence-corrected chi connectivity index (χ0v) is 21.5. The molecule has 2 N–H and O–H groups in total. The third-order valence-electron chi connectivity index (χ3n) is 4.99. The standard InChI is InChI=1S/C18H24N5O6PS3/c1-9(2)16(25)21-18-20-15-14(17(26)22-18)19-8-23(15)13-6-11(28-10(3)24)12(29-13)7-27-30(31)32-4-5-33-30/h8-9,11-13H,4-7H2,1-3H3,(H2,20,21,22,25,26)/t11-,12+,13+/m0/s1. The van der Waals surface area contributed by atoms with Crippen LogP contribution in [-0.4, -0.2) is 61.7 Å². The third kappa shape index (κ3) is 5.63. The Bertz CT molecular complexity index is 1160. The van der Waals surface area contributed by atoms with E-state index in [1.807, 2.05) is 0 Å². The molecule has 4 rings (SSSR count). The number of aromatic amines is 1. The number of amides is 1. The largest absolute Gasteiger partial charge is 0.460 e. The van der Waals surface area contributed by atoms with Crippen molar-refractivity contribution in [1.82, 2.24) is 19.5 Å². The van der Waals surface area contributed by atoms with Crippen LogP contribution >= 0.6 is 27.4 Å². The van der Waals surface area contributed by atoms with Crippen LogP contribution in [-0.2, 0) is 35.4 Å². The number of hydrogen-bond acceptors (Lipinski definition) is 11. The molecule has 2 saturated heterocycles. The second kappa shape index (κ2) is 10.0. The first-order chi connectivity index (χ1) is 15.6. The SMILES string of the molecule is CC(=O)O[C@H]1C[C@H](n2cnc3c(=O)[nH]c(NC(=O)C(C)C)nc32)O[C@@H]1COP1(=S)SCCS1. The molecule has 0 spiro atoms. The summed E-state index contributed by atoms with van der Waals surface area (Å²) in [5, 5.41) is 2.59. The van der Waals surface area contributed by atoms with Crippen molar-refractivity contribution in [2.75, 3.05) is 23.4 Å². The van der Waals surface area contributed by atoms with Crippen LogP contribution in [0.4, 0.5) is 5.95 Å². The van der Waals surface area contributed by atoms with E-state index in [1.165, 1.54) is 13.3 Å². The van der Waals surface area contributed by atoms with Crippen molar-refractivity contribution in [3.05, 3.63) is 16.7 Å². The van der Waals surface area contributed by atoms with Crippen LogP contribution in [0.1, 0.15) is 33.4 Å². The van der Waals surface area contributed by atoms with Gasteiger partial charge in [0.25, 0.3) is 5.56 Å². The molecule has 4 heterocycles. The number of carbonyl (C=O) groups is 2. The molecule has 1 amide bonds. The highest BCUT2D eigenvalue weighted by molar-refractivity contribution is 9.00. The number of nitrogens with zero attached hydrogens (tertiary/aromatic N) is 3. The van der Waals surface area contributed by atoms with E-state index in [2.05, 4.69) is 20.3 Å². The van der Waals surface area contributed by atoms with Gasteiger partial charge in [-0.3, -0.25) is 29.3 Å². The van der Waals surface area contributed by atoms with E-state index >= 15 is 0 Å². The van der Waals surface area contributed by atoms with Gasteiger partial charge < -0.3 is 14.0 Å². The topological polar surface area (TPSA) is 137 Å². The van der Waals surface area contributed by atoms with E-state index in [1.54, 1.807) is 41.2 Å². The summed E-state index contributed by atoms with van der Waals surface area (Å²) >= 11 is 8.95. The Hall–Kier alpha value is -1.44. The lowest BCUT2D eigenvalue weighted by Crippen LogP contribution is -2.30. The predicted molar refractivity (Wildman–Crippen MR) is 131 cm³/mol. The van der Waals surface area contributed by atoms with Crippen LogP contribution in [0, 0.1) is 5.92 Å². The maximum absolute atomic E-state index is 12.5. The average molecular weight is 534 g/mol. The van der Waals surface area contributed by atoms with Crippen molar-refractivity contribution >= 4 is 68.2 Å². The first kappa shape index (κ1) is 24.7. The first-order valence-corrected chi connectivity index (χ1v) is 16.2. The molecule has 11 nitrogen and oxygen atoms in total. The lowest BCUT2D eigenvalue weighted by molar-refractivity contribution is -0.150. The Balaban J connectivity index is 1.58. The minimum atomic E-state index is -2.01. The molecule has 180 valence electrons. The number of esters is 1. The number of carbonyl (C=O) groups excluding carboxylic acids is 2. The number of nitrogens with one attached hydrogen (secondary N) is 2. The van der Waals surface area contributed by atoms with Gasteiger partial charge in [0.05, 0.1) is 12.9 Å². The number of H-pyrrole nitrogens is 1. The highest BCUT2D eigenvalue weighted by Crippen LogP contribution is 2.74. The number of anilines is 1. The molecule has 0 unspecified atom stereocenters. The number of hydrogen-bond donors (Lipinski definition) is 2. The van der Waals surface area contributed by atoms with Crippen LogP contribution in [0.15, 0.2) is 11.1 Å². The molecule has 0 aromatic carbocycles. The van der Waals surface area contributed by atoms with Crippen molar-refractivity contribution in [3.63, 3.8) is 0 Å². The lowest BCUT2D eigenvalue weighted by Gasteiger charge is -2.21. The van der Waals surface area contributed by atoms with Gasteiger partial charge in [-0.05, 0) is 11.8 Å². The summed E-state index contributed by atoms with van der Waals surface area (Å²) < 4.78 is 17.3. The molecular weight excluding hydrogens is 509 g/mol. The minimum Gasteiger partial charge on any atom is -0.460 e. The molecule has 2 aromatic rings. The molecule has 33 heavy (non-hydrogen) atoms. The summed E-state index contributed by atoms with van der Waals surface area (Å²) in [7, 11) is 0. The number of ether oxygens (including phenoxy) is 2. The van der Waals surface area contributed by atoms with E-state index < -0.39 is 34.6 Å². The summed E-state index contributed by atoms with van der Waals surface area (Å²) in [6, 6.07) is 0. The molecule has 2 fully saturated rings. The molecule has 0 bridgehead atoms. The van der Waals surface area contributed by atoms with Crippen molar-refractivity contribution < 1.29 is 23.6 Å². The summed E-state index contributed by atoms with van der Waals surface area (Å²) in [4.78, 5) is 47.2. The smallest absolute Gasteiger partial charge is 0.302 e. The molecule has 0 radical (unpaired) electrons. The third-order valence-corrected chi connectivity index (χ3v) is 14.9. The Kier molecular flexibility index (Phi) is 7.51. The fourth-order valence-corrected chi connectivity index (χ4v) is 12.2. The van der Waals surface area contributed by atoms with Gasteiger partial charge in [0, 0.05) is 30.8 Å². The highest BCUT2D eigenvalue weighted by Gasteiger charge is 2.41. The van der Waals surface area contributed by atoms with Gasteiger partial charge in [0.1, 0.15) is 18.4 Å². The van der Waals surface area contributed by atoms with Gasteiger partial charge in [0.2, 0.25) is 11.9 Å². The van der Waals surface area contributed by atoms with Crippen molar-refractivity contribution in [2.45, 2.75) is 45.6 Å². The second-order valence-electron chi connectivity index (χ2n) is 7.80. The van der Waals surface area contributed by atoms with Crippen molar-refractivity contribution in [1.29, 1.82) is 0 Å². The lowest BCUT2D eigenvalue weighted by atomic mass is 10.2. The molecule has 2 aliphatic heterocycles. The van der Waals surface area contributed by atoms with Gasteiger partial charge in [-0.25, -0.2) is 4.98 Å². The Morgan fingerprint density at radius 2 is 2.15 bits per heavy atom. The molecule has 3 atom stereocenters. The van der Waals surface area contributed by atoms with E-state index in [-0.39, 0.29) is 35.5 Å². The number of aromatic nitrogens is 4. The first-order valence-electron chi connectivity index (χ1n) is 10.3. The monoisotopic (exact) mass is 533 g/mol. The summed E-state index contributed by atoms with van der Waals surface area (Å²) in [5.41, 5.74) is -0.125. The second-order valence-corrected chi connectivity index (χ2v) is 18.5. The van der Waals surface area contributed by atoms with Gasteiger partial charge in [-0.15, -0.1) is 0 Å². The summed E-state index contributed by atoms with van der Waals surface area (Å²) in [5.74, 6) is 0.949. The average Bonchev–Trinajstić information content (AvgIpc) is 3.45. The summed E-state index contributed by atoms with van der Waals surface area (Å²) in [6.45, 7) is 5.00. The van der Waals surface area contributed by atoms with Gasteiger partial charge >= 0.3 is 5.97 Å². The zero-order valence-electron chi connectivity index (χ0n) is 18.2. The van der Waals surface area contributed by atoms with E-state index in [9.17, 15) is 14.4 Å². The van der Waals surface area contributed by atoms with E-state index in [0.717, 1.165) is 11.5 Å².